The smallest absolute Gasteiger partial charge is 0.356 e. The van der Waals surface area contributed by atoms with E-state index in [1.807, 2.05) is 0 Å². The van der Waals surface area contributed by atoms with E-state index < -0.39 is 10.2 Å². The van der Waals surface area contributed by atoms with Gasteiger partial charge in [-0.25, -0.2) is 0 Å². The number of hydrogen-bond acceptors (Lipinski definition) is 8. The maximum Gasteiger partial charge on any atom is 1.00 e. The van der Waals surface area contributed by atoms with Crippen LogP contribution in [0, 0.1) is 30.6 Å². The summed E-state index contributed by atoms with van der Waals surface area (Å²) in [5, 5.41) is 29.5. The molecule has 10 nitrogen and oxygen atoms in total. The molecule has 1 rings (SSSR count). The molecule has 0 spiro atoms. The van der Waals surface area contributed by atoms with Crippen molar-refractivity contribution in [3.8, 4) is 0 Å². The molecule has 12 heteroatoms. The van der Waals surface area contributed by atoms with Gasteiger partial charge in [0.1, 0.15) is 6.79 Å². The van der Waals surface area contributed by atoms with E-state index in [2.05, 4.69) is 0 Å². The summed E-state index contributed by atoms with van der Waals surface area (Å²) in [5.74, 6) is 0. The van der Waals surface area contributed by atoms with Crippen molar-refractivity contribution in [1.29, 1.82) is 0 Å². The molecule has 0 aliphatic carbocycles. The molecular weight excluding hydrogens is 206 g/mol. The Labute approximate surface area is 108 Å². The normalized spacial score (nSPS) is 11.2. The van der Waals surface area contributed by atoms with Gasteiger partial charge in [0, 0.05) is 0 Å². The molecule has 1 aliphatic rings. The summed E-state index contributed by atoms with van der Waals surface area (Å²) in [7, 11) is 0. The molecule has 1 aliphatic heterocycles. The van der Waals surface area contributed by atoms with E-state index in [1.54, 1.807) is 0 Å². The number of ether oxygens (including phenoxy) is 2. The van der Waals surface area contributed by atoms with Crippen molar-refractivity contribution in [1.82, 2.24) is 0 Å². The van der Waals surface area contributed by atoms with Gasteiger partial charge >= 0.3 is 37.7 Å². The third-order valence-electron chi connectivity index (χ3n) is 0.539. The van der Waals surface area contributed by atoms with Crippen LogP contribution in [0.2, 0.25) is 0 Å². The van der Waals surface area contributed by atoms with Gasteiger partial charge in [-0.3, -0.25) is 0 Å². The summed E-state index contributed by atoms with van der Waals surface area (Å²) in [6.07, 6.45) is 0. The molecule has 0 radical (unpaired) electrons. The molecule has 15 heavy (non-hydrogen) atoms. The third kappa shape index (κ3) is 87.9. The minimum Gasteiger partial charge on any atom is -0.356 e. The maximum absolute atomic E-state index is 8.25. The number of rotatable bonds is 0. The Kier molecular flexibility index (Phi) is 30.6. The summed E-state index contributed by atoms with van der Waals surface area (Å²) >= 11 is 0. The fourth-order valence-corrected chi connectivity index (χ4v) is 0.295. The average molecular weight is 212 g/mol. The van der Waals surface area contributed by atoms with Crippen molar-refractivity contribution in [3.63, 3.8) is 0 Å². The van der Waals surface area contributed by atoms with Crippen LogP contribution in [0.15, 0.2) is 0 Å². The molecule has 1 fully saturated rings. The van der Waals surface area contributed by atoms with Crippen LogP contribution in [0.3, 0.4) is 0 Å². The molecule has 0 amide bonds. The molecule has 0 atom stereocenters. The first-order valence-electron chi connectivity index (χ1n) is 2.75. The zero-order chi connectivity index (χ0) is 10.7. The van der Waals surface area contributed by atoms with Crippen LogP contribution in [0.4, 0.5) is 0 Å². The van der Waals surface area contributed by atoms with E-state index in [0.29, 0.717) is 6.79 Å². The van der Waals surface area contributed by atoms with E-state index in [0.717, 1.165) is 13.2 Å². The Morgan fingerprint density at radius 3 is 1.07 bits per heavy atom. The SMILES string of the molecule is C1COCO1.O=[N+]([O-])[O-].O=[N+]([O-])[O-].[Li+].[Li+]. The van der Waals surface area contributed by atoms with Gasteiger partial charge in [-0.1, -0.05) is 0 Å². The Morgan fingerprint density at radius 2 is 1.00 bits per heavy atom. The van der Waals surface area contributed by atoms with Crippen molar-refractivity contribution < 1.29 is 57.4 Å². The second-order valence-electron chi connectivity index (χ2n) is 1.38. The van der Waals surface area contributed by atoms with Crippen LogP contribution in [0.5, 0.6) is 0 Å². The van der Waals surface area contributed by atoms with E-state index in [9.17, 15) is 0 Å². The van der Waals surface area contributed by atoms with Gasteiger partial charge in [0.25, 0.3) is 0 Å². The number of hydrogen-bond donors (Lipinski definition) is 0. The standard InChI is InChI=1S/C3H6O2.2Li.2NO3/c1-2-5-3-4-1;;;2*2-1(3)4/h1-3H2;;;;/q;2*+1;2*-1. The fourth-order valence-electron chi connectivity index (χ4n) is 0.295. The zero-order valence-corrected chi connectivity index (χ0v) is 8.28. The molecule has 0 aromatic heterocycles. The predicted octanol–water partition coefficient (Wildman–Crippen LogP) is -6.48. The van der Waals surface area contributed by atoms with Gasteiger partial charge in [-0.2, -0.15) is 0 Å². The summed E-state index contributed by atoms with van der Waals surface area (Å²) in [6, 6.07) is 0. The van der Waals surface area contributed by atoms with Crippen molar-refractivity contribution in [2.45, 2.75) is 0 Å². The van der Waals surface area contributed by atoms with Crippen LogP contribution in [0.1, 0.15) is 0 Å². The molecule has 0 aromatic carbocycles. The third-order valence-corrected chi connectivity index (χ3v) is 0.539. The minimum atomic E-state index is -1.75. The summed E-state index contributed by atoms with van der Waals surface area (Å²) in [6.45, 7) is 2.06. The summed E-state index contributed by atoms with van der Waals surface area (Å²) in [5.41, 5.74) is 0. The Balaban J connectivity index is -0.0000000575. The summed E-state index contributed by atoms with van der Waals surface area (Å²) in [4.78, 5) is 16.5. The van der Waals surface area contributed by atoms with Crippen LogP contribution in [0.25, 0.3) is 0 Å². The van der Waals surface area contributed by atoms with Gasteiger partial charge in [-0.05, 0) is 0 Å². The van der Waals surface area contributed by atoms with Gasteiger partial charge in [0.15, 0.2) is 0 Å². The Hall–Kier alpha value is -0.485. The second-order valence-corrected chi connectivity index (χ2v) is 1.38. The van der Waals surface area contributed by atoms with E-state index in [4.69, 9.17) is 40.1 Å². The fraction of sp³-hybridized carbons (Fsp3) is 1.00. The summed E-state index contributed by atoms with van der Waals surface area (Å²) < 4.78 is 9.44. The van der Waals surface area contributed by atoms with E-state index in [-0.39, 0.29) is 37.7 Å². The maximum atomic E-state index is 8.25. The van der Waals surface area contributed by atoms with Crippen molar-refractivity contribution in [2.75, 3.05) is 20.0 Å². The Bertz CT molecular complexity index is 125. The van der Waals surface area contributed by atoms with Gasteiger partial charge in [0.2, 0.25) is 0 Å². The molecule has 0 unspecified atom stereocenters. The first-order chi connectivity index (χ1) is 5.96. The molecule has 1 saturated heterocycles. The second kappa shape index (κ2) is 19.1. The molecule has 1 heterocycles. The van der Waals surface area contributed by atoms with E-state index >= 15 is 0 Å². The van der Waals surface area contributed by atoms with E-state index in [1.165, 1.54) is 0 Å². The number of nitrogens with zero attached hydrogens (tertiary/aromatic N) is 2. The molecular formula is C3H6Li2N2O8. The first-order valence-corrected chi connectivity index (χ1v) is 2.75. The molecule has 0 bridgehead atoms. The first kappa shape index (κ1) is 24.0. The largest absolute Gasteiger partial charge is 1.00 e. The van der Waals surface area contributed by atoms with Gasteiger partial charge in [-0.15, -0.1) is 0 Å². The topological polar surface area (TPSA) is 151 Å². The molecule has 0 aromatic rings. The minimum absolute atomic E-state index is 0. The van der Waals surface area contributed by atoms with Crippen molar-refractivity contribution in [3.05, 3.63) is 30.6 Å². The zero-order valence-electron chi connectivity index (χ0n) is 8.28. The van der Waals surface area contributed by atoms with Crippen molar-refractivity contribution in [2.24, 2.45) is 0 Å². The molecule has 78 valence electrons. The van der Waals surface area contributed by atoms with Gasteiger partial charge in [0.05, 0.1) is 23.4 Å². The molecule has 0 N–H and O–H groups in total. The quantitative estimate of drug-likeness (QED) is 0.218. The van der Waals surface area contributed by atoms with Crippen LogP contribution < -0.4 is 37.7 Å². The van der Waals surface area contributed by atoms with Crippen LogP contribution in [-0.2, 0) is 9.47 Å². The average Bonchev–Trinajstić information content (AvgIpc) is 2.35. The monoisotopic (exact) mass is 212 g/mol. The van der Waals surface area contributed by atoms with Crippen LogP contribution >= 0.6 is 0 Å². The van der Waals surface area contributed by atoms with Crippen molar-refractivity contribution >= 4 is 0 Å². The molecule has 0 saturated carbocycles. The van der Waals surface area contributed by atoms with Crippen LogP contribution in [-0.4, -0.2) is 30.2 Å². The predicted molar refractivity (Wildman–Crippen MR) is 37.5 cm³/mol. The Morgan fingerprint density at radius 1 is 0.800 bits per heavy atom. The van der Waals surface area contributed by atoms with Gasteiger partial charge < -0.3 is 40.1 Å².